The van der Waals surface area contributed by atoms with Crippen LogP contribution in [0, 0.1) is 5.82 Å². The lowest BCUT2D eigenvalue weighted by atomic mass is 10.1. The highest BCUT2D eigenvalue weighted by Crippen LogP contribution is 2.19. The van der Waals surface area contributed by atoms with Gasteiger partial charge in [0.1, 0.15) is 5.82 Å². The summed E-state index contributed by atoms with van der Waals surface area (Å²) in [6.07, 6.45) is 1.44. The molecular formula is C20H18ClFN2O4. The van der Waals surface area contributed by atoms with E-state index in [4.69, 9.17) is 16.3 Å². The molecule has 3 rings (SSSR count). The molecule has 1 heterocycles. The molecule has 0 atom stereocenters. The lowest BCUT2D eigenvalue weighted by Gasteiger charge is -2.15. The molecule has 0 aliphatic carbocycles. The van der Waals surface area contributed by atoms with Crippen LogP contribution in [0.1, 0.15) is 28.8 Å². The molecule has 0 saturated carbocycles. The Morgan fingerprint density at radius 1 is 1.18 bits per heavy atom. The number of likely N-dealkylation sites (tertiary alicyclic amines) is 1. The van der Waals surface area contributed by atoms with E-state index in [9.17, 15) is 18.8 Å². The number of carbonyl (C=O) groups excluding carboxylic acids is 3. The highest BCUT2D eigenvalue weighted by atomic mass is 35.5. The first-order valence-corrected chi connectivity index (χ1v) is 9.09. The van der Waals surface area contributed by atoms with Crippen LogP contribution in [-0.2, 0) is 20.9 Å². The van der Waals surface area contributed by atoms with Crippen LogP contribution in [0.3, 0.4) is 0 Å². The highest BCUT2D eigenvalue weighted by Gasteiger charge is 2.20. The van der Waals surface area contributed by atoms with Crippen molar-refractivity contribution >= 4 is 35.1 Å². The van der Waals surface area contributed by atoms with Gasteiger partial charge in [-0.1, -0.05) is 23.7 Å². The minimum atomic E-state index is -0.682. The maximum absolute atomic E-state index is 13.6. The zero-order chi connectivity index (χ0) is 20.1. The van der Waals surface area contributed by atoms with Gasteiger partial charge in [0.15, 0.2) is 6.61 Å². The number of anilines is 1. The largest absolute Gasteiger partial charge is 0.452 e. The van der Waals surface area contributed by atoms with E-state index in [2.05, 4.69) is 5.32 Å². The summed E-state index contributed by atoms with van der Waals surface area (Å²) in [6, 6.07) is 10.4. The average Bonchev–Trinajstić information content (AvgIpc) is 3.08. The van der Waals surface area contributed by atoms with Gasteiger partial charge in [-0.05, 0) is 42.3 Å². The Labute approximate surface area is 166 Å². The molecule has 2 amide bonds. The van der Waals surface area contributed by atoms with Crippen LogP contribution in [0.4, 0.5) is 10.1 Å². The van der Waals surface area contributed by atoms with Crippen LogP contribution in [-0.4, -0.2) is 35.8 Å². The third kappa shape index (κ3) is 5.07. The number of amides is 2. The van der Waals surface area contributed by atoms with Crippen molar-refractivity contribution in [3.8, 4) is 0 Å². The molecule has 28 heavy (non-hydrogen) atoms. The van der Waals surface area contributed by atoms with E-state index >= 15 is 0 Å². The predicted molar refractivity (Wildman–Crippen MR) is 101 cm³/mol. The van der Waals surface area contributed by atoms with Crippen LogP contribution in [0.25, 0.3) is 0 Å². The number of ether oxygens (including phenoxy) is 1. The van der Waals surface area contributed by atoms with Gasteiger partial charge in [0.25, 0.3) is 5.91 Å². The van der Waals surface area contributed by atoms with Crippen LogP contribution in [0.15, 0.2) is 42.5 Å². The standard InChI is InChI=1S/C20H18ClFN2O4/c21-15-7-8-16(22)17(10-15)23-18(25)12-28-20(27)14-5-3-13(4-6-14)11-24-9-1-2-19(24)26/h3-8,10H,1-2,9,11-12H2,(H,23,25). The highest BCUT2D eigenvalue weighted by molar-refractivity contribution is 6.30. The number of rotatable bonds is 6. The van der Waals surface area contributed by atoms with Crippen molar-refractivity contribution in [2.75, 3.05) is 18.5 Å². The number of nitrogens with zero attached hydrogens (tertiary/aromatic N) is 1. The summed E-state index contributed by atoms with van der Waals surface area (Å²) < 4.78 is 18.5. The Hall–Kier alpha value is -2.93. The number of hydrogen-bond donors (Lipinski definition) is 1. The average molecular weight is 405 g/mol. The molecule has 0 unspecified atom stereocenters. The number of carbonyl (C=O) groups is 3. The summed E-state index contributed by atoms with van der Waals surface area (Å²) in [5, 5.41) is 2.57. The number of halogens is 2. The molecule has 0 radical (unpaired) electrons. The van der Waals surface area contributed by atoms with Crippen molar-refractivity contribution in [3.05, 3.63) is 64.4 Å². The van der Waals surface area contributed by atoms with Crippen LogP contribution in [0.2, 0.25) is 5.02 Å². The molecule has 1 aliphatic rings. The summed E-state index contributed by atoms with van der Waals surface area (Å²) in [4.78, 5) is 37.4. The van der Waals surface area contributed by atoms with E-state index in [-0.39, 0.29) is 22.2 Å². The van der Waals surface area contributed by atoms with Gasteiger partial charge in [0.05, 0.1) is 11.3 Å². The molecule has 8 heteroatoms. The Balaban J connectivity index is 1.51. The van der Waals surface area contributed by atoms with E-state index in [1.54, 1.807) is 29.2 Å². The molecule has 1 fully saturated rings. The third-order valence-electron chi connectivity index (χ3n) is 4.27. The molecule has 2 aromatic carbocycles. The quantitative estimate of drug-likeness (QED) is 0.749. The van der Waals surface area contributed by atoms with Gasteiger partial charge in [-0.3, -0.25) is 9.59 Å². The zero-order valence-corrected chi connectivity index (χ0v) is 15.7. The summed E-state index contributed by atoms with van der Waals surface area (Å²) in [7, 11) is 0. The van der Waals surface area contributed by atoms with E-state index in [1.807, 2.05) is 0 Å². The molecule has 6 nitrogen and oxygen atoms in total. The van der Waals surface area contributed by atoms with Gasteiger partial charge in [0, 0.05) is 24.5 Å². The van der Waals surface area contributed by atoms with Crippen molar-refractivity contribution < 1.29 is 23.5 Å². The van der Waals surface area contributed by atoms with Crippen molar-refractivity contribution in [2.24, 2.45) is 0 Å². The number of hydrogen-bond acceptors (Lipinski definition) is 4. The minimum Gasteiger partial charge on any atom is -0.452 e. The molecular weight excluding hydrogens is 387 g/mol. The second kappa shape index (κ2) is 8.84. The SMILES string of the molecule is O=C(COC(=O)c1ccc(CN2CCCC2=O)cc1)Nc1cc(Cl)ccc1F. The molecule has 0 aromatic heterocycles. The fraction of sp³-hybridized carbons (Fsp3) is 0.250. The van der Waals surface area contributed by atoms with Crippen molar-refractivity contribution in [2.45, 2.75) is 19.4 Å². The second-order valence-electron chi connectivity index (χ2n) is 6.36. The Morgan fingerprint density at radius 3 is 2.61 bits per heavy atom. The molecule has 1 N–H and O–H groups in total. The molecule has 146 valence electrons. The van der Waals surface area contributed by atoms with Gasteiger partial charge in [-0.15, -0.1) is 0 Å². The number of benzene rings is 2. The summed E-state index contributed by atoms with van der Waals surface area (Å²) in [6.45, 7) is 0.682. The van der Waals surface area contributed by atoms with Gasteiger partial charge < -0.3 is 15.0 Å². The Morgan fingerprint density at radius 2 is 1.93 bits per heavy atom. The number of nitrogens with one attached hydrogen (secondary N) is 1. The van der Waals surface area contributed by atoms with E-state index in [0.29, 0.717) is 13.0 Å². The summed E-state index contributed by atoms with van der Waals surface area (Å²) in [5.74, 6) is -1.87. The van der Waals surface area contributed by atoms with Gasteiger partial charge in [-0.25, -0.2) is 9.18 Å². The van der Waals surface area contributed by atoms with E-state index in [1.165, 1.54) is 12.1 Å². The van der Waals surface area contributed by atoms with Crippen LogP contribution >= 0.6 is 11.6 Å². The smallest absolute Gasteiger partial charge is 0.338 e. The monoisotopic (exact) mass is 404 g/mol. The first-order chi connectivity index (χ1) is 13.4. The van der Waals surface area contributed by atoms with Crippen molar-refractivity contribution in [1.29, 1.82) is 0 Å². The van der Waals surface area contributed by atoms with E-state index < -0.39 is 24.3 Å². The first-order valence-electron chi connectivity index (χ1n) is 8.71. The minimum absolute atomic E-state index is 0.0886. The van der Waals surface area contributed by atoms with Crippen molar-refractivity contribution in [3.63, 3.8) is 0 Å². The molecule has 1 aliphatic heterocycles. The van der Waals surface area contributed by atoms with E-state index in [0.717, 1.165) is 24.6 Å². The second-order valence-corrected chi connectivity index (χ2v) is 6.80. The van der Waals surface area contributed by atoms with Crippen molar-refractivity contribution in [1.82, 2.24) is 4.90 Å². The third-order valence-corrected chi connectivity index (χ3v) is 4.51. The van der Waals surface area contributed by atoms with Crippen LogP contribution in [0.5, 0.6) is 0 Å². The maximum atomic E-state index is 13.6. The summed E-state index contributed by atoms with van der Waals surface area (Å²) >= 11 is 5.76. The van der Waals surface area contributed by atoms with Gasteiger partial charge >= 0.3 is 5.97 Å². The predicted octanol–water partition coefficient (Wildman–Crippen LogP) is 3.40. The number of esters is 1. The molecule has 0 bridgehead atoms. The molecule has 0 spiro atoms. The fourth-order valence-electron chi connectivity index (χ4n) is 2.83. The zero-order valence-electron chi connectivity index (χ0n) is 14.9. The summed E-state index contributed by atoms with van der Waals surface area (Å²) in [5.41, 5.74) is 1.09. The van der Waals surface area contributed by atoms with Crippen LogP contribution < -0.4 is 5.32 Å². The normalized spacial score (nSPS) is 13.5. The Bertz CT molecular complexity index is 902. The fourth-order valence-corrected chi connectivity index (χ4v) is 3.00. The molecule has 1 saturated heterocycles. The lowest BCUT2D eigenvalue weighted by Crippen LogP contribution is -2.24. The molecule has 2 aromatic rings. The topological polar surface area (TPSA) is 75.7 Å². The van der Waals surface area contributed by atoms with Gasteiger partial charge in [0.2, 0.25) is 5.91 Å². The first kappa shape index (κ1) is 19.8. The van der Waals surface area contributed by atoms with Gasteiger partial charge in [-0.2, -0.15) is 0 Å². The maximum Gasteiger partial charge on any atom is 0.338 e. The lowest BCUT2D eigenvalue weighted by molar-refractivity contribution is -0.128. The Kier molecular flexibility index (Phi) is 6.26.